The van der Waals surface area contributed by atoms with E-state index in [-0.39, 0.29) is 5.91 Å². The lowest BCUT2D eigenvalue weighted by atomic mass is 9.84. The van der Waals surface area contributed by atoms with Crippen molar-refractivity contribution < 1.29 is 4.79 Å². The van der Waals surface area contributed by atoms with Gasteiger partial charge in [0.1, 0.15) is 0 Å². The van der Waals surface area contributed by atoms with Crippen LogP contribution in [-0.2, 0) is 11.2 Å². The predicted octanol–water partition coefficient (Wildman–Crippen LogP) is 4.07. The molecule has 1 aromatic heterocycles. The summed E-state index contributed by atoms with van der Waals surface area (Å²) in [5.74, 6) is 1.10. The standard InChI is InChI=1S/C20H27N3O/c24-20(14-19-17-10-4-5-11-18(17)21-22-19)23-12-6-9-16(23)13-15-7-2-1-3-8-15/h4-5,10-11,15-16H,1-3,6-9,12-14H2,(H,21,22). The number of para-hydroxylation sites is 1. The van der Waals surface area contributed by atoms with Gasteiger partial charge in [0, 0.05) is 18.0 Å². The molecular formula is C20H27N3O. The van der Waals surface area contributed by atoms with Gasteiger partial charge in [-0.15, -0.1) is 0 Å². The zero-order valence-electron chi connectivity index (χ0n) is 14.3. The van der Waals surface area contributed by atoms with Gasteiger partial charge in [0.15, 0.2) is 0 Å². The van der Waals surface area contributed by atoms with Crippen molar-refractivity contribution in [3.05, 3.63) is 30.0 Å². The van der Waals surface area contributed by atoms with Crippen molar-refractivity contribution in [2.45, 2.75) is 63.8 Å². The van der Waals surface area contributed by atoms with Crippen LogP contribution in [0.1, 0.15) is 57.1 Å². The molecule has 1 unspecified atom stereocenters. The van der Waals surface area contributed by atoms with E-state index in [9.17, 15) is 4.79 Å². The number of rotatable bonds is 4. The summed E-state index contributed by atoms with van der Waals surface area (Å²) < 4.78 is 0. The van der Waals surface area contributed by atoms with E-state index in [1.54, 1.807) is 0 Å². The van der Waals surface area contributed by atoms with Gasteiger partial charge in [0.2, 0.25) is 5.91 Å². The quantitative estimate of drug-likeness (QED) is 0.921. The minimum atomic E-state index is 0.266. The average Bonchev–Trinajstić information content (AvgIpc) is 3.23. The van der Waals surface area contributed by atoms with Gasteiger partial charge in [0.05, 0.1) is 17.6 Å². The molecule has 2 aliphatic rings. The molecule has 1 amide bonds. The van der Waals surface area contributed by atoms with Crippen LogP contribution in [-0.4, -0.2) is 33.6 Å². The first-order valence-corrected chi connectivity index (χ1v) is 9.53. The highest BCUT2D eigenvalue weighted by Gasteiger charge is 2.31. The van der Waals surface area contributed by atoms with Crippen LogP contribution >= 0.6 is 0 Å². The van der Waals surface area contributed by atoms with Crippen LogP contribution < -0.4 is 0 Å². The third-order valence-corrected chi connectivity index (χ3v) is 5.90. The summed E-state index contributed by atoms with van der Waals surface area (Å²) in [6.07, 6.45) is 10.9. The number of fused-ring (bicyclic) bond motifs is 1. The van der Waals surface area contributed by atoms with E-state index >= 15 is 0 Å². The Labute approximate surface area is 143 Å². The highest BCUT2D eigenvalue weighted by atomic mass is 16.2. The van der Waals surface area contributed by atoms with Crippen molar-refractivity contribution >= 4 is 16.8 Å². The summed E-state index contributed by atoms with van der Waals surface area (Å²) in [5, 5.41) is 8.46. The number of carbonyl (C=O) groups excluding carboxylic acids is 1. The van der Waals surface area contributed by atoms with Crippen LogP contribution in [0.15, 0.2) is 24.3 Å². The molecule has 2 heterocycles. The van der Waals surface area contributed by atoms with Gasteiger partial charge >= 0.3 is 0 Å². The number of likely N-dealkylation sites (tertiary alicyclic amines) is 1. The minimum absolute atomic E-state index is 0.266. The lowest BCUT2D eigenvalue weighted by Crippen LogP contribution is -2.38. The fourth-order valence-corrected chi connectivity index (χ4v) is 4.62. The van der Waals surface area contributed by atoms with Gasteiger partial charge in [-0.1, -0.05) is 50.3 Å². The summed E-state index contributed by atoms with van der Waals surface area (Å²) in [7, 11) is 0. The molecular weight excluding hydrogens is 298 g/mol. The highest BCUT2D eigenvalue weighted by Crippen LogP contribution is 2.32. The summed E-state index contributed by atoms with van der Waals surface area (Å²) in [6, 6.07) is 8.49. The van der Waals surface area contributed by atoms with Crippen LogP contribution in [0.5, 0.6) is 0 Å². The van der Waals surface area contributed by atoms with Crippen LogP contribution in [0, 0.1) is 5.92 Å². The molecule has 1 aromatic carbocycles. The Hall–Kier alpha value is -1.84. The number of amides is 1. The third kappa shape index (κ3) is 3.19. The average molecular weight is 325 g/mol. The first kappa shape index (κ1) is 15.7. The van der Waals surface area contributed by atoms with Crippen molar-refractivity contribution in [3.8, 4) is 0 Å². The van der Waals surface area contributed by atoms with Crippen molar-refractivity contribution in [2.75, 3.05) is 6.54 Å². The highest BCUT2D eigenvalue weighted by molar-refractivity contribution is 5.87. The van der Waals surface area contributed by atoms with Crippen LogP contribution in [0.3, 0.4) is 0 Å². The lowest BCUT2D eigenvalue weighted by molar-refractivity contribution is -0.131. The molecule has 0 radical (unpaired) electrons. The molecule has 0 spiro atoms. The van der Waals surface area contributed by atoms with E-state index in [4.69, 9.17) is 0 Å². The number of H-pyrrole nitrogens is 1. The molecule has 1 aliphatic carbocycles. The van der Waals surface area contributed by atoms with E-state index in [1.165, 1.54) is 44.9 Å². The van der Waals surface area contributed by atoms with Crippen LogP contribution in [0.4, 0.5) is 0 Å². The zero-order valence-corrected chi connectivity index (χ0v) is 14.3. The summed E-state index contributed by atoms with van der Waals surface area (Å²) in [6.45, 7) is 0.933. The number of aromatic nitrogens is 2. The smallest absolute Gasteiger partial charge is 0.228 e. The molecule has 128 valence electrons. The maximum absolute atomic E-state index is 12.9. The second kappa shape index (κ2) is 6.96. The Morgan fingerprint density at radius 2 is 1.96 bits per heavy atom. The topological polar surface area (TPSA) is 49.0 Å². The Morgan fingerprint density at radius 1 is 1.12 bits per heavy atom. The second-order valence-corrected chi connectivity index (χ2v) is 7.52. The molecule has 1 atom stereocenters. The Kier molecular flexibility index (Phi) is 4.54. The van der Waals surface area contributed by atoms with E-state index in [0.717, 1.165) is 35.5 Å². The number of benzene rings is 1. The number of nitrogens with zero attached hydrogens (tertiary/aromatic N) is 2. The van der Waals surface area contributed by atoms with E-state index in [1.807, 2.05) is 24.3 Å². The summed E-state index contributed by atoms with van der Waals surface area (Å²) in [5.41, 5.74) is 1.90. The van der Waals surface area contributed by atoms with Gasteiger partial charge in [-0.05, 0) is 31.2 Å². The molecule has 1 aliphatic heterocycles. The maximum atomic E-state index is 12.9. The van der Waals surface area contributed by atoms with Crippen molar-refractivity contribution in [2.24, 2.45) is 5.92 Å². The van der Waals surface area contributed by atoms with E-state index < -0.39 is 0 Å². The van der Waals surface area contributed by atoms with Crippen molar-refractivity contribution in [1.82, 2.24) is 15.1 Å². The van der Waals surface area contributed by atoms with Crippen LogP contribution in [0.2, 0.25) is 0 Å². The molecule has 2 fully saturated rings. The molecule has 1 N–H and O–H groups in total. The normalized spacial score (nSPS) is 22.3. The zero-order chi connectivity index (χ0) is 16.4. The molecule has 24 heavy (non-hydrogen) atoms. The molecule has 1 saturated heterocycles. The predicted molar refractivity (Wildman–Crippen MR) is 95.7 cm³/mol. The molecule has 4 rings (SSSR count). The SMILES string of the molecule is O=C(Cc1[nH]nc2ccccc12)N1CCCC1CC1CCCCC1. The van der Waals surface area contributed by atoms with Crippen molar-refractivity contribution in [1.29, 1.82) is 0 Å². The fourth-order valence-electron chi connectivity index (χ4n) is 4.62. The molecule has 1 saturated carbocycles. The van der Waals surface area contributed by atoms with Gasteiger partial charge in [-0.2, -0.15) is 5.10 Å². The first-order chi connectivity index (χ1) is 11.8. The van der Waals surface area contributed by atoms with E-state index in [0.29, 0.717) is 12.5 Å². The fraction of sp³-hybridized carbons (Fsp3) is 0.600. The number of aromatic amines is 1. The Balaban J connectivity index is 1.43. The molecule has 0 bridgehead atoms. The number of carbonyl (C=O) groups is 1. The van der Waals surface area contributed by atoms with Gasteiger partial charge in [-0.3, -0.25) is 9.89 Å². The number of hydrogen-bond acceptors (Lipinski definition) is 2. The van der Waals surface area contributed by atoms with Gasteiger partial charge < -0.3 is 4.90 Å². The number of hydrogen-bond donors (Lipinski definition) is 1. The van der Waals surface area contributed by atoms with Crippen LogP contribution in [0.25, 0.3) is 10.9 Å². The summed E-state index contributed by atoms with van der Waals surface area (Å²) >= 11 is 0. The van der Waals surface area contributed by atoms with Crippen molar-refractivity contribution in [3.63, 3.8) is 0 Å². The maximum Gasteiger partial charge on any atom is 0.228 e. The largest absolute Gasteiger partial charge is 0.339 e. The minimum Gasteiger partial charge on any atom is -0.339 e. The van der Waals surface area contributed by atoms with Gasteiger partial charge in [0.25, 0.3) is 0 Å². The summed E-state index contributed by atoms with van der Waals surface area (Å²) in [4.78, 5) is 15.0. The lowest BCUT2D eigenvalue weighted by Gasteiger charge is -2.30. The third-order valence-electron chi connectivity index (χ3n) is 5.90. The van der Waals surface area contributed by atoms with Gasteiger partial charge in [-0.25, -0.2) is 0 Å². The Morgan fingerprint density at radius 3 is 2.83 bits per heavy atom. The molecule has 2 aromatic rings. The number of nitrogens with one attached hydrogen (secondary N) is 1. The second-order valence-electron chi connectivity index (χ2n) is 7.52. The monoisotopic (exact) mass is 325 g/mol. The first-order valence-electron chi connectivity index (χ1n) is 9.53. The molecule has 4 nitrogen and oxygen atoms in total. The Bertz CT molecular complexity index is 702. The molecule has 4 heteroatoms. The van der Waals surface area contributed by atoms with E-state index in [2.05, 4.69) is 15.1 Å².